The van der Waals surface area contributed by atoms with Crippen molar-refractivity contribution >= 4 is 15.9 Å². The van der Waals surface area contributed by atoms with Gasteiger partial charge in [0, 0.05) is 16.9 Å². The van der Waals surface area contributed by atoms with Crippen LogP contribution in [0.2, 0.25) is 0 Å². The Bertz CT molecular complexity index is 328. The van der Waals surface area contributed by atoms with Gasteiger partial charge in [-0.3, -0.25) is 4.98 Å². The van der Waals surface area contributed by atoms with Crippen molar-refractivity contribution in [2.45, 2.75) is 18.9 Å². The molecule has 1 aliphatic rings. The van der Waals surface area contributed by atoms with Crippen molar-refractivity contribution in [2.75, 3.05) is 13.2 Å². The van der Waals surface area contributed by atoms with Crippen LogP contribution in [-0.2, 0) is 0 Å². The Morgan fingerprint density at radius 3 is 2.93 bits per heavy atom. The lowest BCUT2D eigenvalue weighted by Gasteiger charge is -2.16. The monoisotopic (exact) mass is 270 g/mol. The molecule has 15 heavy (non-hydrogen) atoms. The molecule has 1 aromatic rings. The van der Waals surface area contributed by atoms with Gasteiger partial charge in [0.1, 0.15) is 0 Å². The lowest BCUT2D eigenvalue weighted by molar-refractivity contribution is 0.243. The normalized spacial score (nSPS) is 17.7. The predicted octanol–water partition coefficient (Wildman–Crippen LogP) is 1.88. The summed E-state index contributed by atoms with van der Waals surface area (Å²) in [5, 5.41) is 12.7. The van der Waals surface area contributed by atoms with Crippen molar-refractivity contribution in [3.8, 4) is 0 Å². The molecule has 0 aromatic carbocycles. The number of nitrogens with one attached hydrogen (secondary N) is 1. The number of aliphatic hydroxyl groups excluding tert-OH is 1. The minimum Gasteiger partial charge on any atom is -0.394 e. The van der Waals surface area contributed by atoms with Crippen LogP contribution < -0.4 is 5.32 Å². The first-order chi connectivity index (χ1) is 7.29. The number of rotatable bonds is 5. The Morgan fingerprint density at radius 1 is 1.53 bits per heavy atom. The highest BCUT2D eigenvalue weighted by atomic mass is 79.9. The molecule has 0 saturated heterocycles. The third-order valence-electron chi connectivity index (χ3n) is 2.66. The molecule has 1 unspecified atom stereocenters. The number of halogens is 1. The Morgan fingerprint density at radius 2 is 2.33 bits per heavy atom. The van der Waals surface area contributed by atoms with Crippen LogP contribution in [0.5, 0.6) is 0 Å². The van der Waals surface area contributed by atoms with Crippen LogP contribution >= 0.6 is 15.9 Å². The number of hydrogen-bond donors (Lipinski definition) is 2. The number of hydrogen-bond acceptors (Lipinski definition) is 3. The Hall–Kier alpha value is -0.450. The van der Waals surface area contributed by atoms with Crippen LogP contribution in [0.25, 0.3) is 0 Å². The Labute approximate surface area is 98.0 Å². The zero-order valence-electron chi connectivity index (χ0n) is 8.49. The summed E-state index contributed by atoms with van der Waals surface area (Å²) in [4.78, 5) is 4.10. The largest absolute Gasteiger partial charge is 0.394 e. The average molecular weight is 271 g/mol. The van der Waals surface area contributed by atoms with E-state index in [1.807, 2.05) is 6.07 Å². The molecule has 0 bridgehead atoms. The second-order valence-electron chi connectivity index (χ2n) is 4.02. The summed E-state index contributed by atoms with van der Waals surface area (Å²) in [6.45, 7) is 1.11. The summed E-state index contributed by atoms with van der Waals surface area (Å²) in [6.07, 6.45) is 6.19. The van der Waals surface area contributed by atoms with Gasteiger partial charge < -0.3 is 10.4 Å². The smallest absolute Gasteiger partial charge is 0.0627 e. The molecule has 1 aromatic heterocycles. The fourth-order valence-corrected chi connectivity index (χ4v) is 1.92. The molecule has 82 valence electrons. The Balaban J connectivity index is 1.97. The van der Waals surface area contributed by atoms with E-state index in [9.17, 15) is 5.11 Å². The molecule has 1 fully saturated rings. The molecule has 1 heterocycles. The summed E-state index contributed by atoms with van der Waals surface area (Å²) < 4.78 is 0.951. The van der Waals surface area contributed by atoms with Gasteiger partial charge in [0.05, 0.1) is 12.6 Å². The third-order valence-corrected chi connectivity index (χ3v) is 3.09. The second kappa shape index (κ2) is 5.05. The molecule has 2 rings (SSSR count). The number of pyridine rings is 1. The van der Waals surface area contributed by atoms with Gasteiger partial charge >= 0.3 is 0 Å². The van der Waals surface area contributed by atoms with Gasteiger partial charge in [0.25, 0.3) is 0 Å². The maximum absolute atomic E-state index is 9.30. The van der Waals surface area contributed by atoms with E-state index >= 15 is 0 Å². The Kier molecular flexibility index (Phi) is 3.72. The van der Waals surface area contributed by atoms with Crippen molar-refractivity contribution in [3.05, 3.63) is 28.5 Å². The topological polar surface area (TPSA) is 45.1 Å². The van der Waals surface area contributed by atoms with Crippen LogP contribution in [0, 0.1) is 5.92 Å². The van der Waals surface area contributed by atoms with E-state index < -0.39 is 0 Å². The van der Waals surface area contributed by atoms with Gasteiger partial charge in [0.15, 0.2) is 0 Å². The minimum absolute atomic E-state index is 0.00981. The van der Waals surface area contributed by atoms with Gasteiger partial charge in [-0.1, -0.05) is 0 Å². The zero-order valence-corrected chi connectivity index (χ0v) is 10.1. The van der Waals surface area contributed by atoms with E-state index in [4.69, 9.17) is 0 Å². The first-order valence-electron chi connectivity index (χ1n) is 5.24. The highest BCUT2D eigenvalue weighted by Gasteiger charge is 2.22. The van der Waals surface area contributed by atoms with E-state index in [-0.39, 0.29) is 12.6 Å². The number of nitrogens with zero attached hydrogens (tertiary/aromatic N) is 1. The van der Waals surface area contributed by atoms with Gasteiger partial charge in [-0.15, -0.1) is 0 Å². The molecular formula is C11H15BrN2O. The first kappa shape index (κ1) is 11.0. The summed E-state index contributed by atoms with van der Waals surface area (Å²) in [5.41, 5.74) is 1.03. The van der Waals surface area contributed by atoms with Crippen molar-refractivity contribution in [1.29, 1.82) is 0 Å². The molecule has 0 spiro atoms. The first-order valence-corrected chi connectivity index (χ1v) is 6.03. The highest BCUT2D eigenvalue weighted by Crippen LogP contribution is 2.28. The third kappa shape index (κ3) is 3.26. The summed E-state index contributed by atoms with van der Waals surface area (Å²) in [6, 6.07) is 2.00. The maximum Gasteiger partial charge on any atom is 0.0627 e. The van der Waals surface area contributed by atoms with Crippen LogP contribution in [-0.4, -0.2) is 23.2 Å². The lowest BCUT2D eigenvalue weighted by Crippen LogP contribution is -2.26. The molecule has 0 aliphatic heterocycles. The summed E-state index contributed by atoms with van der Waals surface area (Å²) in [7, 11) is 0. The van der Waals surface area contributed by atoms with Crippen LogP contribution in [0.15, 0.2) is 22.9 Å². The van der Waals surface area contributed by atoms with Crippen molar-refractivity contribution < 1.29 is 5.11 Å². The van der Waals surface area contributed by atoms with Gasteiger partial charge in [-0.05, 0) is 52.9 Å². The molecule has 2 N–H and O–H groups in total. The molecular weight excluding hydrogens is 256 g/mol. The fraction of sp³-hybridized carbons (Fsp3) is 0.545. The fourth-order valence-electron chi connectivity index (χ4n) is 1.54. The molecule has 1 atom stereocenters. The van der Waals surface area contributed by atoms with Gasteiger partial charge in [-0.25, -0.2) is 0 Å². The number of aliphatic hydroxyl groups is 1. The van der Waals surface area contributed by atoms with Crippen molar-refractivity contribution in [1.82, 2.24) is 10.3 Å². The van der Waals surface area contributed by atoms with Crippen LogP contribution in [0.1, 0.15) is 24.4 Å². The summed E-state index contributed by atoms with van der Waals surface area (Å²) in [5.74, 6) is 0.819. The predicted molar refractivity (Wildman–Crippen MR) is 62.5 cm³/mol. The zero-order chi connectivity index (χ0) is 10.7. The second-order valence-corrected chi connectivity index (χ2v) is 4.94. The van der Waals surface area contributed by atoms with Gasteiger partial charge in [0.2, 0.25) is 0 Å². The van der Waals surface area contributed by atoms with Crippen molar-refractivity contribution in [3.63, 3.8) is 0 Å². The maximum atomic E-state index is 9.30. The van der Waals surface area contributed by atoms with E-state index in [1.54, 1.807) is 12.4 Å². The molecule has 1 aliphatic carbocycles. The van der Waals surface area contributed by atoms with Gasteiger partial charge in [-0.2, -0.15) is 0 Å². The molecule has 0 radical (unpaired) electrons. The van der Waals surface area contributed by atoms with E-state index in [2.05, 4.69) is 26.2 Å². The lowest BCUT2D eigenvalue weighted by atomic mass is 10.1. The van der Waals surface area contributed by atoms with Crippen LogP contribution in [0.4, 0.5) is 0 Å². The van der Waals surface area contributed by atoms with Crippen LogP contribution in [0.3, 0.4) is 0 Å². The van der Waals surface area contributed by atoms with Crippen molar-refractivity contribution in [2.24, 2.45) is 5.92 Å². The molecule has 1 saturated carbocycles. The van der Waals surface area contributed by atoms with E-state index in [0.29, 0.717) is 0 Å². The average Bonchev–Trinajstić information content (AvgIpc) is 3.03. The molecule has 3 nitrogen and oxygen atoms in total. The quantitative estimate of drug-likeness (QED) is 0.859. The minimum atomic E-state index is 0.00981. The molecule has 0 amide bonds. The SMILES string of the molecule is OCC(NCC1CC1)c1cncc(Br)c1. The summed E-state index contributed by atoms with van der Waals surface area (Å²) >= 11 is 3.38. The molecule has 4 heteroatoms. The highest BCUT2D eigenvalue weighted by molar-refractivity contribution is 9.10. The number of aromatic nitrogens is 1. The van der Waals surface area contributed by atoms with E-state index in [0.717, 1.165) is 22.5 Å². The van der Waals surface area contributed by atoms with E-state index in [1.165, 1.54) is 12.8 Å². The standard InChI is InChI=1S/C11H15BrN2O/c12-10-3-9(5-13-6-10)11(7-15)14-4-8-1-2-8/h3,5-6,8,11,14-15H,1-2,4,7H2.